The van der Waals surface area contributed by atoms with Crippen LogP contribution in [0, 0.1) is 17.6 Å². The highest BCUT2D eigenvalue weighted by molar-refractivity contribution is 5.78. The van der Waals surface area contributed by atoms with Gasteiger partial charge in [-0.15, -0.1) is 0 Å². The predicted molar refractivity (Wildman–Crippen MR) is 121 cm³/mol. The quantitative estimate of drug-likeness (QED) is 0.510. The Bertz CT molecular complexity index is 1000. The molecule has 2 aliphatic rings. The first kappa shape index (κ1) is 24.4. The van der Waals surface area contributed by atoms with E-state index in [4.69, 9.17) is 4.74 Å². The molecule has 2 N–H and O–H groups in total. The Morgan fingerprint density at radius 3 is 2.74 bits per heavy atom. The predicted octanol–water partition coefficient (Wildman–Crippen LogP) is 1.89. The third-order valence-electron chi connectivity index (χ3n) is 6.35. The van der Waals surface area contributed by atoms with E-state index >= 15 is 0 Å². The maximum atomic E-state index is 14.5. The monoisotopic (exact) mass is 477 g/mol. The SMILES string of the molecule is CNCCN1CCN(C(=O)CN[C@@H]2C[C@H]2c2cc(F)cc(F)c2OCc2cccnc2F)CC1. The minimum atomic E-state index is -0.836. The number of nitrogens with zero attached hydrogens (tertiary/aromatic N) is 3. The fourth-order valence-corrected chi connectivity index (χ4v) is 4.27. The molecule has 2 heterocycles. The van der Waals surface area contributed by atoms with Crippen LogP contribution in [0.3, 0.4) is 0 Å². The Labute approximate surface area is 197 Å². The van der Waals surface area contributed by atoms with E-state index in [1.165, 1.54) is 18.3 Å². The molecule has 1 aliphatic carbocycles. The average Bonchev–Trinajstić information content (AvgIpc) is 3.61. The van der Waals surface area contributed by atoms with Crippen molar-refractivity contribution in [1.82, 2.24) is 25.4 Å². The number of benzene rings is 1. The minimum Gasteiger partial charge on any atom is -0.485 e. The second kappa shape index (κ2) is 11.2. The van der Waals surface area contributed by atoms with Crippen LogP contribution >= 0.6 is 0 Å². The van der Waals surface area contributed by atoms with E-state index in [9.17, 15) is 18.0 Å². The molecule has 2 atom stereocenters. The molecule has 1 saturated carbocycles. The van der Waals surface area contributed by atoms with E-state index in [0.29, 0.717) is 25.1 Å². The van der Waals surface area contributed by atoms with Crippen molar-refractivity contribution in [1.29, 1.82) is 0 Å². The van der Waals surface area contributed by atoms with Crippen LogP contribution in [0.15, 0.2) is 30.5 Å². The molecule has 1 aromatic heterocycles. The minimum absolute atomic E-state index is 0.0212. The molecule has 1 aliphatic heterocycles. The smallest absolute Gasteiger partial charge is 0.236 e. The van der Waals surface area contributed by atoms with Crippen molar-refractivity contribution in [3.05, 3.63) is 59.2 Å². The van der Waals surface area contributed by atoms with Crippen molar-refractivity contribution in [3.63, 3.8) is 0 Å². The summed E-state index contributed by atoms with van der Waals surface area (Å²) in [6.07, 6.45) is 1.94. The summed E-state index contributed by atoms with van der Waals surface area (Å²) in [5, 5.41) is 6.34. The lowest BCUT2D eigenvalue weighted by Crippen LogP contribution is -2.51. The Hall–Kier alpha value is -2.69. The molecule has 0 spiro atoms. The standard InChI is InChI=1S/C24H30F3N5O2/c1-28-5-6-31-7-9-32(10-8-31)22(33)14-30-21-13-18(21)19-11-17(25)12-20(26)23(19)34-15-16-3-2-4-29-24(16)27/h2-4,11-12,18,21,28,30H,5-10,13-15H2,1H3/t18-,21+/m0/s1. The molecule has 0 radical (unpaired) electrons. The van der Waals surface area contributed by atoms with E-state index < -0.39 is 17.6 Å². The molecule has 1 amide bonds. The summed E-state index contributed by atoms with van der Waals surface area (Å²) in [5.74, 6) is -2.50. The van der Waals surface area contributed by atoms with Crippen molar-refractivity contribution in [2.24, 2.45) is 0 Å². The highest BCUT2D eigenvalue weighted by Gasteiger charge is 2.41. The number of carbonyl (C=O) groups is 1. The topological polar surface area (TPSA) is 69.7 Å². The number of hydrogen-bond donors (Lipinski definition) is 2. The van der Waals surface area contributed by atoms with Gasteiger partial charge in [-0.1, -0.05) is 0 Å². The van der Waals surface area contributed by atoms with Gasteiger partial charge in [0.05, 0.1) is 6.54 Å². The van der Waals surface area contributed by atoms with Crippen LogP contribution in [0.1, 0.15) is 23.5 Å². The van der Waals surface area contributed by atoms with E-state index in [2.05, 4.69) is 20.5 Å². The molecule has 184 valence electrons. The van der Waals surface area contributed by atoms with Crippen molar-refractivity contribution < 1.29 is 22.7 Å². The molecule has 0 unspecified atom stereocenters. The van der Waals surface area contributed by atoms with Gasteiger partial charge in [0.25, 0.3) is 0 Å². The number of ether oxygens (including phenoxy) is 1. The molecule has 7 nitrogen and oxygen atoms in total. The van der Waals surface area contributed by atoms with Gasteiger partial charge in [0, 0.05) is 74.6 Å². The van der Waals surface area contributed by atoms with Gasteiger partial charge in [0.15, 0.2) is 11.6 Å². The molecule has 1 saturated heterocycles. The largest absolute Gasteiger partial charge is 0.485 e. The Morgan fingerprint density at radius 2 is 2.00 bits per heavy atom. The number of pyridine rings is 1. The third-order valence-corrected chi connectivity index (χ3v) is 6.35. The highest BCUT2D eigenvalue weighted by Crippen LogP contribution is 2.46. The number of piperazine rings is 1. The maximum absolute atomic E-state index is 14.5. The molecule has 34 heavy (non-hydrogen) atoms. The Balaban J connectivity index is 1.31. The lowest BCUT2D eigenvalue weighted by Gasteiger charge is -2.34. The Morgan fingerprint density at radius 1 is 1.21 bits per heavy atom. The number of carbonyl (C=O) groups excluding carboxylic acids is 1. The highest BCUT2D eigenvalue weighted by atomic mass is 19.1. The fraction of sp³-hybridized carbons (Fsp3) is 0.500. The van der Waals surface area contributed by atoms with Gasteiger partial charge in [-0.2, -0.15) is 4.39 Å². The van der Waals surface area contributed by atoms with Gasteiger partial charge in [0.1, 0.15) is 12.4 Å². The van der Waals surface area contributed by atoms with Gasteiger partial charge in [-0.05, 0) is 31.7 Å². The molecule has 0 bridgehead atoms. The van der Waals surface area contributed by atoms with Gasteiger partial charge in [-0.3, -0.25) is 9.69 Å². The van der Waals surface area contributed by atoms with Gasteiger partial charge in [0.2, 0.25) is 11.9 Å². The summed E-state index contributed by atoms with van der Waals surface area (Å²) in [5.41, 5.74) is 0.559. The fourth-order valence-electron chi connectivity index (χ4n) is 4.27. The van der Waals surface area contributed by atoms with Crippen LogP contribution in [0.5, 0.6) is 5.75 Å². The van der Waals surface area contributed by atoms with Crippen LogP contribution in [0.2, 0.25) is 0 Å². The first-order chi connectivity index (χ1) is 16.5. The van der Waals surface area contributed by atoms with Gasteiger partial charge in [-0.25, -0.2) is 13.8 Å². The zero-order chi connectivity index (χ0) is 24.1. The van der Waals surface area contributed by atoms with Crippen molar-refractivity contribution >= 4 is 5.91 Å². The summed E-state index contributed by atoms with van der Waals surface area (Å²) < 4.78 is 47.9. The molecule has 10 heteroatoms. The number of rotatable bonds is 10. The normalized spacial score (nSPS) is 20.4. The zero-order valence-corrected chi connectivity index (χ0v) is 19.2. The van der Waals surface area contributed by atoms with Crippen LogP contribution < -0.4 is 15.4 Å². The summed E-state index contributed by atoms with van der Waals surface area (Å²) in [6, 6.07) is 4.97. The lowest BCUT2D eigenvalue weighted by atomic mass is 10.1. The number of amides is 1. The van der Waals surface area contributed by atoms with E-state index in [1.807, 2.05) is 11.9 Å². The lowest BCUT2D eigenvalue weighted by molar-refractivity contribution is -0.132. The number of aromatic nitrogens is 1. The second-order valence-electron chi connectivity index (χ2n) is 8.70. The van der Waals surface area contributed by atoms with Crippen LogP contribution in [0.4, 0.5) is 13.2 Å². The molecule has 2 aromatic rings. The first-order valence-electron chi connectivity index (χ1n) is 11.6. The molecule has 2 fully saturated rings. The van der Waals surface area contributed by atoms with Crippen molar-refractivity contribution in [2.75, 3.05) is 52.9 Å². The summed E-state index contributed by atoms with van der Waals surface area (Å²) >= 11 is 0. The first-order valence-corrected chi connectivity index (χ1v) is 11.6. The van der Waals surface area contributed by atoms with Crippen LogP contribution in [-0.4, -0.2) is 79.6 Å². The number of nitrogens with one attached hydrogen (secondary N) is 2. The van der Waals surface area contributed by atoms with Crippen LogP contribution in [-0.2, 0) is 11.4 Å². The zero-order valence-electron chi connectivity index (χ0n) is 19.2. The summed E-state index contributed by atoms with van der Waals surface area (Å²) in [7, 11) is 1.92. The summed E-state index contributed by atoms with van der Waals surface area (Å²) in [4.78, 5) is 20.3. The van der Waals surface area contributed by atoms with Crippen LogP contribution in [0.25, 0.3) is 0 Å². The molecule has 4 rings (SSSR count). The van der Waals surface area contributed by atoms with E-state index in [-0.39, 0.29) is 42.3 Å². The Kier molecular flexibility index (Phi) is 8.02. The molecular weight excluding hydrogens is 447 g/mol. The number of hydrogen-bond acceptors (Lipinski definition) is 6. The third kappa shape index (κ3) is 6.05. The van der Waals surface area contributed by atoms with Gasteiger partial charge < -0.3 is 20.3 Å². The van der Waals surface area contributed by atoms with Crippen molar-refractivity contribution in [2.45, 2.75) is 25.0 Å². The van der Waals surface area contributed by atoms with Crippen molar-refractivity contribution in [3.8, 4) is 5.75 Å². The maximum Gasteiger partial charge on any atom is 0.236 e. The number of likely N-dealkylation sites (N-methyl/N-ethyl adjacent to an activating group) is 1. The molecule has 1 aromatic carbocycles. The number of halogens is 3. The van der Waals surface area contributed by atoms with Gasteiger partial charge >= 0.3 is 0 Å². The summed E-state index contributed by atoms with van der Waals surface area (Å²) in [6.45, 7) is 4.91. The van der Waals surface area contributed by atoms with E-state index in [0.717, 1.165) is 32.2 Å². The second-order valence-corrected chi connectivity index (χ2v) is 8.70. The average molecular weight is 478 g/mol. The molecular formula is C24H30F3N5O2. The van der Waals surface area contributed by atoms with E-state index in [1.54, 1.807) is 6.07 Å².